The molecule has 0 unspecified atom stereocenters. The van der Waals surface area contributed by atoms with Crippen LogP contribution in [0, 0.1) is 0 Å². The van der Waals surface area contributed by atoms with Crippen molar-refractivity contribution >= 4 is 57.5 Å². The lowest BCUT2D eigenvalue weighted by atomic mass is 10.1. The zero-order chi connectivity index (χ0) is 19.6. The smallest absolute Gasteiger partial charge is 0.264 e. The van der Waals surface area contributed by atoms with E-state index in [1.807, 2.05) is 0 Å². The van der Waals surface area contributed by atoms with Gasteiger partial charge in [-0.15, -0.1) is 0 Å². The maximum absolute atomic E-state index is 13.3. The summed E-state index contributed by atoms with van der Waals surface area (Å²) in [5.41, 5.74) is 1.66. The first-order chi connectivity index (χ1) is 12.9. The Hall–Kier alpha value is -1.82. The lowest BCUT2D eigenvalue weighted by Crippen LogP contribution is -2.35. The standard InChI is InChI=1S/C20H18Cl2N2O2S/c1-3-16-11-23-20(27-16)24(15-7-4-13(5-8-15)12(2)25)19(26)14-6-9-17(21)18(22)10-14/h4-10,16H,3,11H2,1-2H3/t16-/m1/s1. The Kier molecular flexibility index (Phi) is 6.25. The number of aliphatic imine (C=N–C) groups is 1. The van der Waals surface area contributed by atoms with E-state index in [1.165, 1.54) is 6.92 Å². The molecule has 1 aliphatic heterocycles. The minimum absolute atomic E-state index is 0.0254. The third-order valence-corrected chi connectivity index (χ3v) is 6.33. The Morgan fingerprint density at radius 1 is 1.11 bits per heavy atom. The molecule has 3 rings (SSSR count). The van der Waals surface area contributed by atoms with Crippen LogP contribution in [0.5, 0.6) is 0 Å². The van der Waals surface area contributed by atoms with Crippen molar-refractivity contribution in [3.05, 3.63) is 63.6 Å². The highest BCUT2D eigenvalue weighted by atomic mass is 35.5. The van der Waals surface area contributed by atoms with Crippen molar-refractivity contribution in [2.45, 2.75) is 25.5 Å². The molecule has 0 radical (unpaired) electrons. The molecule has 1 aliphatic rings. The van der Waals surface area contributed by atoms with Crippen molar-refractivity contribution in [1.29, 1.82) is 0 Å². The fourth-order valence-corrected chi connectivity index (χ4v) is 4.01. The second-order valence-electron chi connectivity index (χ2n) is 6.14. The highest BCUT2D eigenvalue weighted by Gasteiger charge is 2.29. The number of halogens is 2. The van der Waals surface area contributed by atoms with Gasteiger partial charge in [-0.2, -0.15) is 0 Å². The molecule has 140 valence electrons. The number of Topliss-reactive ketones (excluding diaryl/α,β-unsaturated/α-hetero) is 1. The minimum Gasteiger partial charge on any atom is -0.295 e. The predicted octanol–water partition coefficient (Wildman–Crippen LogP) is 5.72. The molecule has 0 aliphatic carbocycles. The summed E-state index contributed by atoms with van der Waals surface area (Å²) in [6, 6.07) is 11.7. The van der Waals surface area contributed by atoms with E-state index in [0.29, 0.717) is 43.8 Å². The Morgan fingerprint density at radius 2 is 1.78 bits per heavy atom. The molecule has 2 aromatic carbocycles. The Morgan fingerprint density at radius 3 is 2.33 bits per heavy atom. The quantitative estimate of drug-likeness (QED) is 0.593. The summed E-state index contributed by atoms with van der Waals surface area (Å²) >= 11 is 13.7. The molecule has 7 heteroatoms. The van der Waals surface area contributed by atoms with Crippen LogP contribution in [0.15, 0.2) is 47.5 Å². The molecule has 0 saturated heterocycles. The van der Waals surface area contributed by atoms with Crippen LogP contribution in [0.1, 0.15) is 41.0 Å². The van der Waals surface area contributed by atoms with Gasteiger partial charge in [0, 0.05) is 16.4 Å². The lowest BCUT2D eigenvalue weighted by molar-refractivity contribution is 0.0999. The second kappa shape index (κ2) is 8.46. The van der Waals surface area contributed by atoms with Crippen molar-refractivity contribution in [2.24, 2.45) is 4.99 Å². The zero-order valence-corrected chi connectivity index (χ0v) is 17.2. The van der Waals surface area contributed by atoms with E-state index in [2.05, 4.69) is 11.9 Å². The first-order valence-corrected chi connectivity index (χ1v) is 10.2. The summed E-state index contributed by atoms with van der Waals surface area (Å²) in [6.07, 6.45) is 0.968. The van der Waals surface area contributed by atoms with Crippen LogP contribution in [0.3, 0.4) is 0 Å². The molecular formula is C20H18Cl2N2O2S. The van der Waals surface area contributed by atoms with E-state index in [4.69, 9.17) is 23.2 Å². The third-order valence-electron chi connectivity index (χ3n) is 4.25. The van der Waals surface area contributed by atoms with Gasteiger partial charge in [-0.1, -0.05) is 41.9 Å². The molecule has 0 fully saturated rings. The van der Waals surface area contributed by atoms with Crippen LogP contribution >= 0.6 is 35.0 Å². The largest absolute Gasteiger partial charge is 0.295 e. The number of hydrogen-bond donors (Lipinski definition) is 0. The Bertz CT molecular complexity index is 913. The van der Waals surface area contributed by atoms with Crippen molar-refractivity contribution in [2.75, 3.05) is 11.4 Å². The zero-order valence-electron chi connectivity index (χ0n) is 14.9. The first-order valence-electron chi connectivity index (χ1n) is 8.52. The summed E-state index contributed by atoms with van der Waals surface area (Å²) in [6.45, 7) is 4.28. The van der Waals surface area contributed by atoms with Crippen LogP contribution in [-0.4, -0.2) is 28.7 Å². The number of carbonyl (C=O) groups is 2. The molecule has 2 aromatic rings. The number of anilines is 1. The van der Waals surface area contributed by atoms with Gasteiger partial charge >= 0.3 is 0 Å². The number of ketones is 1. The normalized spacial score (nSPS) is 16.1. The topological polar surface area (TPSA) is 49.7 Å². The summed E-state index contributed by atoms with van der Waals surface area (Å²) in [5.74, 6) is -0.269. The van der Waals surface area contributed by atoms with Gasteiger partial charge in [-0.25, -0.2) is 0 Å². The van der Waals surface area contributed by atoms with Gasteiger partial charge in [-0.05, 0) is 55.8 Å². The van der Waals surface area contributed by atoms with Gasteiger partial charge in [0.2, 0.25) is 0 Å². The number of carbonyl (C=O) groups excluding carboxylic acids is 2. The van der Waals surface area contributed by atoms with Crippen LogP contribution < -0.4 is 4.90 Å². The molecule has 0 aromatic heterocycles. The molecule has 0 spiro atoms. The van der Waals surface area contributed by atoms with Gasteiger partial charge in [0.05, 0.1) is 22.3 Å². The summed E-state index contributed by atoms with van der Waals surface area (Å²) in [7, 11) is 0. The molecule has 0 saturated carbocycles. The second-order valence-corrected chi connectivity index (χ2v) is 8.23. The van der Waals surface area contributed by atoms with Crippen LogP contribution in [0.2, 0.25) is 10.0 Å². The maximum Gasteiger partial charge on any atom is 0.264 e. The molecular weight excluding hydrogens is 403 g/mol. The Labute approximate surface area is 172 Å². The maximum atomic E-state index is 13.3. The number of amidine groups is 1. The van der Waals surface area contributed by atoms with E-state index >= 15 is 0 Å². The van der Waals surface area contributed by atoms with Crippen LogP contribution in [0.4, 0.5) is 5.69 Å². The molecule has 1 amide bonds. The van der Waals surface area contributed by atoms with Crippen molar-refractivity contribution in [3.8, 4) is 0 Å². The van der Waals surface area contributed by atoms with E-state index < -0.39 is 0 Å². The molecule has 27 heavy (non-hydrogen) atoms. The highest BCUT2D eigenvalue weighted by molar-refractivity contribution is 8.15. The van der Waals surface area contributed by atoms with E-state index in [9.17, 15) is 9.59 Å². The average molecular weight is 421 g/mol. The van der Waals surface area contributed by atoms with Gasteiger partial charge in [0.1, 0.15) is 0 Å². The van der Waals surface area contributed by atoms with E-state index in [0.717, 1.165) is 6.42 Å². The lowest BCUT2D eigenvalue weighted by Gasteiger charge is -2.23. The predicted molar refractivity (Wildman–Crippen MR) is 114 cm³/mol. The third kappa shape index (κ3) is 4.37. The molecule has 4 nitrogen and oxygen atoms in total. The van der Waals surface area contributed by atoms with E-state index in [1.54, 1.807) is 59.1 Å². The number of hydrogen-bond acceptors (Lipinski definition) is 4. The first kappa shape index (κ1) is 19.9. The molecule has 0 bridgehead atoms. The van der Waals surface area contributed by atoms with Crippen molar-refractivity contribution in [1.82, 2.24) is 0 Å². The highest BCUT2D eigenvalue weighted by Crippen LogP contribution is 2.31. The fourth-order valence-electron chi connectivity index (χ4n) is 2.66. The summed E-state index contributed by atoms with van der Waals surface area (Å²) < 4.78 is 0. The van der Waals surface area contributed by atoms with Gasteiger partial charge in [0.25, 0.3) is 5.91 Å². The van der Waals surface area contributed by atoms with Crippen LogP contribution in [-0.2, 0) is 0 Å². The van der Waals surface area contributed by atoms with Crippen LogP contribution in [0.25, 0.3) is 0 Å². The SMILES string of the molecule is CC[C@@H]1CN=C(N(C(=O)c2ccc(Cl)c(Cl)c2)c2ccc(C(C)=O)cc2)S1. The number of nitrogens with zero attached hydrogens (tertiary/aromatic N) is 2. The van der Waals surface area contributed by atoms with Gasteiger partial charge in [-0.3, -0.25) is 19.5 Å². The Balaban J connectivity index is 2.00. The average Bonchev–Trinajstić information content (AvgIpc) is 3.13. The van der Waals surface area contributed by atoms with Crippen molar-refractivity contribution < 1.29 is 9.59 Å². The van der Waals surface area contributed by atoms with Gasteiger partial charge < -0.3 is 0 Å². The number of thioether (sulfide) groups is 1. The fraction of sp³-hybridized carbons (Fsp3) is 0.250. The minimum atomic E-state index is -0.243. The van der Waals surface area contributed by atoms with E-state index in [-0.39, 0.29) is 11.7 Å². The summed E-state index contributed by atoms with van der Waals surface area (Å²) in [5, 5.41) is 1.71. The number of amides is 1. The molecule has 1 heterocycles. The number of benzene rings is 2. The molecule has 1 atom stereocenters. The summed E-state index contributed by atoms with van der Waals surface area (Å²) in [4.78, 5) is 31.0. The van der Waals surface area contributed by atoms with Gasteiger partial charge in [0.15, 0.2) is 11.0 Å². The monoisotopic (exact) mass is 420 g/mol. The number of rotatable bonds is 4. The van der Waals surface area contributed by atoms with Crippen molar-refractivity contribution in [3.63, 3.8) is 0 Å². The molecule has 0 N–H and O–H groups in total.